The van der Waals surface area contributed by atoms with Gasteiger partial charge in [0, 0.05) is 31.5 Å². The van der Waals surface area contributed by atoms with E-state index in [-0.39, 0.29) is 37.6 Å². The van der Waals surface area contributed by atoms with Crippen LogP contribution < -0.4 is 5.32 Å². The minimum atomic E-state index is -0.981. The van der Waals surface area contributed by atoms with Crippen molar-refractivity contribution in [3.63, 3.8) is 0 Å². The summed E-state index contributed by atoms with van der Waals surface area (Å²) >= 11 is 0. The average molecular weight is 653 g/mol. The maximum absolute atomic E-state index is 12.0. The molecule has 0 spiro atoms. The molecule has 2 aromatic rings. The van der Waals surface area contributed by atoms with Crippen molar-refractivity contribution in [1.82, 2.24) is 10.2 Å². The number of rotatable bonds is 24. The van der Waals surface area contributed by atoms with E-state index in [2.05, 4.69) is 36.2 Å². The molecule has 1 aliphatic heterocycles. The fraction of sp³-hybridized carbons (Fsp3) is 0.641. The molecule has 0 aliphatic carbocycles. The van der Waals surface area contributed by atoms with Gasteiger partial charge in [0.1, 0.15) is 0 Å². The molecule has 3 unspecified atom stereocenters. The third-order valence-corrected chi connectivity index (χ3v) is 9.04. The fourth-order valence-corrected chi connectivity index (χ4v) is 6.15. The molecule has 47 heavy (non-hydrogen) atoms. The van der Waals surface area contributed by atoms with Crippen LogP contribution in [0.3, 0.4) is 0 Å². The van der Waals surface area contributed by atoms with Crippen LogP contribution in [0, 0.1) is 0 Å². The highest BCUT2D eigenvalue weighted by molar-refractivity contribution is 5.80. The summed E-state index contributed by atoms with van der Waals surface area (Å²) in [6, 6.07) is 15.9. The van der Waals surface area contributed by atoms with E-state index in [1.165, 1.54) is 77.0 Å². The number of carboxylic acid groups (broad SMARTS) is 1. The van der Waals surface area contributed by atoms with Crippen LogP contribution in [-0.2, 0) is 32.2 Å². The molecule has 0 aromatic heterocycles. The molecule has 1 fully saturated rings. The van der Waals surface area contributed by atoms with E-state index in [0.717, 1.165) is 48.3 Å². The van der Waals surface area contributed by atoms with Crippen LogP contribution in [0.25, 0.3) is 0 Å². The summed E-state index contributed by atoms with van der Waals surface area (Å²) in [5.74, 6) is -1.26. The minimum absolute atomic E-state index is 0.00431. The molecular formula is C39H60N2O6. The first kappa shape index (κ1) is 38.7. The van der Waals surface area contributed by atoms with Crippen molar-refractivity contribution in [2.75, 3.05) is 19.6 Å². The lowest BCUT2D eigenvalue weighted by Crippen LogP contribution is -2.40. The Morgan fingerprint density at radius 3 is 1.87 bits per heavy atom. The van der Waals surface area contributed by atoms with Gasteiger partial charge >= 0.3 is 5.97 Å². The van der Waals surface area contributed by atoms with Crippen LogP contribution in [0.5, 0.6) is 0 Å². The Kier molecular flexibility index (Phi) is 18.7. The van der Waals surface area contributed by atoms with Crippen molar-refractivity contribution in [3.8, 4) is 0 Å². The van der Waals surface area contributed by atoms with Crippen molar-refractivity contribution in [1.29, 1.82) is 0 Å². The van der Waals surface area contributed by atoms with Crippen LogP contribution in [0.2, 0.25) is 0 Å². The van der Waals surface area contributed by atoms with E-state index in [0.29, 0.717) is 6.54 Å². The second-order valence-corrected chi connectivity index (χ2v) is 13.1. The summed E-state index contributed by atoms with van der Waals surface area (Å²) in [4.78, 5) is 25.4. The monoisotopic (exact) mass is 652 g/mol. The van der Waals surface area contributed by atoms with Crippen LogP contribution in [-0.4, -0.2) is 52.7 Å². The van der Waals surface area contributed by atoms with E-state index in [1.54, 1.807) is 0 Å². The SMILES string of the molecule is CCCCCCCCN(CCCCCCCC)CC1CC(c2ccc(CO)cc2)OC(c2ccc(CNC(=O)CCC(=O)O)cc2)O1. The zero-order chi connectivity index (χ0) is 33.7. The lowest BCUT2D eigenvalue weighted by molar-refractivity contribution is -0.253. The van der Waals surface area contributed by atoms with Crippen LogP contribution >= 0.6 is 0 Å². The third kappa shape index (κ3) is 15.3. The first-order valence-electron chi connectivity index (χ1n) is 18.2. The predicted octanol–water partition coefficient (Wildman–Crippen LogP) is 8.23. The Balaban J connectivity index is 1.68. The van der Waals surface area contributed by atoms with Crippen LogP contribution in [0.15, 0.2) is 48.5 Å². The highest BCUT2D eigenvalue weighted by Gasteiger charge is 2.33. The summed E-state index contributed by atoms with van der Waals surface area (Å²) in [5.41, 5.74) is 3.80. The summed E-state index contributed by atoms with van der Waals surface area (Å²) in [5, 5.41) is 21.2. The number of nitrogens with one attached hydrogen (secondary N) is 1. The number of carbonyl (C=O) groups is 2. The predicted molar refractivity (Wildman–Crippen MR) is 187 cm³/mol. The summed E-state index contributed by atoms with van der Waals surface area (Å²) in [6.45, 7) is 7.93. The highest BCUT2D eigenvalue weighted by Crippen LogP contribution is 2.38. The van der Waals surface area contributed by atoms with Gasteiger partial charge in [-0.25, -0.2) is 0 Å². The van der Waals surface area contributed by atoms with Crippen molar-refractivity contribution < 1.29 is 29.3 Å². The lowest BCUT2D eigenvalue weighted by atomic mass is 9.99. The molecule has 0 bridgehead atoms. The van der Waals surface area contributed by atoms with E-state index in [4.69, 9.17) is 14.6 Å². The zero-order valence-corrected chi connectivity index (χ0v) is 29.0. The summed E-state index contributed by atoms with van der Waals surface area (Å²) in [7, 11) is 0. The third-order valence-electron chi connectivity index (χ3n) is 9.04. The number of aliphatic carboxylic acids is 1. The largest absolute Gasteiger partial charge is 0.481 e. The maximum Gasteiger partial charge on any atom is 0.303 e. The molecule has 3 N–H and O–H groups in total. The number of aliphatic hydroxyl groups is 1. The number of aliphatic hydroxyl groups excluding tert-OH is 1. The number of hydrogen-bond donors (Lipinski definition) is 3. The molecular weight excluding hydrogens is 592 g/mol. The van der Waals surface area contributed by atoms with Crippen molar-refractivity contribution in [3.05, 3.63) is 70.8 Å². The van der Waals surface area contributed by atoms with Gasteiger partial charge in [-0.05, 0) is 42.6 Å². The number of nitrogens with zero attached hydrogens (tertiary/aromatic N) is 1. The number of carboxylic acids is 1. The van der Waals surface area contributed by atoms with Crippen molar-refractivity contribution >= 4 is 11.9 Å². The van der Waals surface area contributed by atoms with Gasteiger partial charge in [-0.2, -0.15) is 0 Å². The molecule has 1 aliphatic rings. The maximum atomic E-state index is 12.0. The molecule has 0 radical (unpaired) electrons. The first-order chi connectivity index (χ1) is 22.9. The van der Waals surface area contributed by atoms with Gasteiger partial charge in [-0.15, -0.1) is 0 Å². The first-order valence-corrected chi connectivity index (χ1v) is 18.2. The van der Waals surface area contributed by atoms with Gasteiger partial charge in [-0.1, -0.05) is 127 Å². The topological polar surface area (TPSA) is 108 Å². The second kappa shape index (κ2) is 22.7. The Bertz CT molecular complexity index is 1120. The van der Waals surface area contributed by atoms with E-state index >= 15 is 0 Å². The normalized spacial score (nSPS) is 18.0. The van der Waals surface area contributed by atoms with Gasteiger partial charge in [-0.3, -0.25) is 9.59 Å². The molecule has 1 heterocycles. The van der Waals surface area contributed by atoms with Gasteiger partial charge in [0.05, 0.1) is 25.2 Å². The number of amides is 1. The Hall–Kier alpha value is -2.78. The number of unbranched alkanes of at least 4 members (excludes halogenated alkanes) is 10. The highest BCUT2D eigenvalue weighted by atomic mass is 16.7. The zero-order valence-electron chi connectivity index (χ0n) is 29.0. The summed E-state index contributed by atoms with van der Waals surface area (Å²) in [6.07, 6.45) is 15.3. The van der Waals surface area contributed by atoms with E-state index in [1.807, 2.05) is 36.4 Å². The molecule has 1 amide bonds. The smallest absolute Gasteiger partial charge is 0.303 e. The standard InChI is InChI=1S/C39H60N2O6/c1-3-5-7-9-11-13-25-41(26-14-12-10-8-6-4-2)29-35-27-36(33-19-17-32(30-42)18-20-33)47-39(46-35)34-21-15-31(16-22-34)28-40-37(43)23-24-38(44)45/h15-22,35-36,39,42H,3-14,23-30H2,1-2H3,(H,40,43)(H,44,45). The van der Waals surface area contributed by atoms with Crippen molar-refractivity contribution in [2.45, 2.75) is 142 Å². The van der Waals surface area contributed by atoms with Crippen LogP contribution in [0.1, 0.15) is 145 Å². The molecule has 2 aromatic carbocycles. The number of hydrogen-bond acceptors (Lipinski definition) is 6. The summed E-state index contributed by atoms with van der Waals surface area (Å²) < 4.78 is 13.3. The van der Waals surface area contributed by atoms with Gasteiger partial charge in [0.25, 0.3) is 0 Å². The quantitative estimate of drug-likeness (QED) is 0.0981. The number of benzene rings is 2. The molecule has 1 saturated heterocycles. The van der Waals surface area contributed by atoms with Crippen molar-refractivity contribution in [2.24, 2.45) is 0 Å². The van der Waals surface area contributed by atoms with Gasteiger partial charge in [0.2, 0.25) is 5.91 Å². The van der Waals surface area contributed by atoms with Gasteiger partial charge < -0.3 is 29.9 Å². The Morgan fingerprint density at radius 2 is 1.30 bits per heavy atom. The average Bonchev–Trinajstić information content (AvgIpc) is 3.09. The molecule has 8 nitrogen and oxygen atoms in total. The molecule has 0 saturated carbocycles. The van der Waals surface area contributed by atoms with E-state index < -0.39 is 12.3 Å². The molecule has 3 atom stereocenters. The number of carbonyl (C=O) groups excluding carboxylic acids is 1. The van der Waals surface area contributed by atoms with Gasteiger partial charge in [0.15, 0.2) is 6.29 Å². The fourth-order valence-electron chi connectivity index (χ4n) is 6.15. The Morgan fingerprint density at radius 1 is 0.745 bits per heavy atom. The Labute approximate surface area is 283 Å². The van der Waals surface area contributed by atoms with E-state index in [9.17, 15) is 14.7 Å². The second-order valence-electron chi connectivity index (χ2n) is 13.1. The molecule has 262 valence electrons. The van der Waals surface area contributed by atoms with Crippen LogP contribution in [0.4, 0.5) is 0 Å². The molecule has 3 rings (SSSR count). The number of ether oxygens (including phenoxy) is 2. The minimum Gasteiger partial charge on any atom is -0.481 e. The lowest BCUT2D eigenvalue weighted by Gasteiger charge is -2.38. The molecule has 8 heteroatoms.